The number of hydrogen-bond donors (Lipinski definition) is 0. The highest BCUT2D eigenvalue weighted by molar-refractivity contribution is 5.61. The lowest BCUT2D eigenvalue weighted by molar-refractivity contribution is 0.201. The highest BCUT2D eigenvalue weighted by Crippen LogP contribution is 2.25. The van der Waals surface area contributed by atoms with E-state index in [1.807, 2.05) is 48.9 Å². The molecule has 0 aliphatic heterocycles. The molecule has 1 fully saturated rings. The van der Waals surface area contributed by atoms with Crippen LogP contribution in [0, 0.1) is 0 Å². The average Bonchev–Trinajstić information content (AvgIpc) is 3.28. The number of rotatable bonds is 4. The standard InChI is InChI=1S/C18H18N4O/c1-2-6-16(5-1)23-18-9-8-14(11-20-18)15-12-21-22(13-15)17-7-3-4-10-19-17/h3-4,7-13,16H,1-2,5-6H2. The van der Waals surface area contributed by atoms with Gasteiger partial charge in [0.25, 0.3) is 0 Å². The van der Waals surface area contributed by atoms with Gasteiger partial charge in [-0.15, -0.1) is 0 Å². The molecule has 0 aromatic carbocycles. The van der Waals surface area contributed by atoms with Crippen LogP contribution in [0.2, 0.25) is 0 Å². The predicted molar refractivity (Wildman–Crippen MR) is 87.5 cm³/mol. The van der Waals surface area contributed by atoms with Crippen molar-refractivity contribution in [2.24, 2.45) is 0 Å². The summed E-state index contributed by atoms with van der Waals surface area (Å²) in [6.07, 6.45) is 12.5. The maximum atomic E-state index is 5.90. The Morgan fingerprint density at radius 3 is 2.61 bits per heavy atom. The van der Waals surface area contributed by atoms with Crippen LogP contribution in [0.5, 0.6) is 5.88 Å². The summed E-state index contributed by atoms with van der Waals surface area (Å²) in [5.41, 5.74) is 2.03. The smallest absolute Gasteiger partial charge is 0.213 e. The lowest BCUT2D eigenvalue weighted by Gasteiger charge is -2.11. The molecule has 0 bridgehead atoms. The summed E-state index contributed by atoms with van der Waals surface area (Å²) in [7, 11) is 0. The summed E-state index contributed by atoms with van der Waals surface area (Å²) >= 11 is 0. The highest BCUT2D eigenvalue weighted by Gasteiger charge is 2.16. The SMILES string of the molecule is c1ccc(-n2cc(-c3ccc(OC4CCCC4)nc3)cn2)nc1. The first-order chi connectivity index (χ1) is 11.4. The lowest BCUT2D eigenvalue weighted by Crippen LogP contribution is -2.11. The van der Waals surface area contributed by atoms with Gasteiger partial charge in [-0.2, -0.15) is 5.10 Å². The van der Waals surface area contributed by atoms with E-state index in [1.165, 1.54) is 12.8 Å². The first kappa shape index (κ1) is 13.9. The molecule has 0 spiro atoms. The van der Waals surface area contributed by atoms with Crippen molar-refractivity contribution < 1.29 is 4.74 Å². The molecule has 3 heterocycles. The topological polar surface area (TPSA) is 52.8 Å². The van der Waals surface area contributed by atoms with Crippen LogP contribution in [-0.4, -0.2) is 25.9 Å². The van der Waals surface area contributed by atoms with Gasteiger partial charge in [0.05, 0.1) is 6.20 Å². The number of nitrogens with zero attached hydrogens (tertiary/aromatic N) is 4. The number of pyridine rings is 2. The van der Waals surface area contributed by atoms with Crippen molar-refractivity contribution >= 4 is 0 Å². The minimum Gasteiger partial charge on any atom is -0.474 e. The zero-order valence-corrected chi connectivity index (χ0v) is 12.8. The van der Waals surface area contributed by atoms with Gasteiger partial charge in [0.15, 0.2) is 5.82 Å². The van der Waals surface area contributed by atoms with Crippen molar-refractivity contribution in [1.82, 2.24) is 19.7 Å². The molecule has 0 N–H and O–H groups in total. The fourth-order valence-electron chi connectivity index (χ4n) is 2.88. The van der Waals surface area contributed by atoms with E-state index in [0.717, 1.165) is 29.8 Å². The summed E-state index contributed by atoms with van der Waals surface area (Å²) in [6, 6.07) is 9.72. The molecular weight excluding hydrogens is 288 g/mol. The monoisotopic (exact) mass is 306 g/mol. The average molecular weight is 306 g/mol. The fourth-order valence-corrected chi connectivity index (χ4v) is 2.88. The number of aromatic nitrogens is 4. The molecule has 116 valence electrons. The molecule has 0 amide bonds. The first-order valence-electron chi connectivity index (χ1n) is 7.98. The number of hydrogen-bond acceptors (Lipinski definition) is 4. The number of ether oxygens (including phenoxy) is 1. The van der Waals surface area contributed by atoms with E-state index in [4.69, 9.17) is 4.74 Å². The lowest BCUT2D eigenvalue weighted by atomic mass is 10.2. The first-order valence-corrected chi connectivity index (χ1v) is 7.98. The van der Waals surface area contributed by atoms with Crippen LogP contribution < -0.4 is 4.74 Å². The van der Waals surface area contributed by atoms with Crippen molar-refractivity contribution in [1.29, 1.82) is 0 Å². The molecule has 0 radical (unpaired) electrons. The van der Waals surface area contributed by atoms with Crippen LogP contribution in [0.4, 0.5) is 0 Å². The van der Waals surface area contributed by atoms with Crippen LogP contribution >= 0.6 is 0 Å². The molecule has 3 aromatic rings. The van der Waals surface area contributed by atoms with E-state index in [0.29, 0.717) is 12.0 Å². The minimum absolute atomic E-state index is 0.334. The van der Waals surface area contributed by atoms with Gasteiger partial charge in [0, 0.05) is 35.8 Å². The molecule has 4 rings (SSSR count). The maximum Gasteiger partial charge on any atom is 0.213 e. The summed E-state index contributed by atoms with van der Waals surface area (Å²) < 4.78 is 7.66. The Morgan fingerprint density at radius 2 is 1.87 bits per heavy atom. The van der Waals surface area contributed by atoms with E-state index >= 15 is 0 Å². The summed E-state index contributed by atoms with van der Waals surface area (Å²) in [5.74, 6) is 1.51. The molecule has 1 aliphatic rings. The third-order valence-corrected chi connectivity index (χ3v) is 4.13. The molecular formula is C18H18N4O. The van der Waals surface area contributed by atoms with Crippen LogP contribution in [0.15, 0.2) is 55.1 Å². The van der Waals surface area contributed by atoms with Gasteiger partial charge in [-0.3, -0.25) is 0 Å². The van der Waals surface area contributed by atoms with Gasteiger partial charge in [-0.25, -0.2) is 14.6 Å². The molecule has 1 saturated carbocycles. The van der Waals surface area contributed by atoms with Gasteiger partial charge < -0.3 is 4.74 Å². The zero-order chi connectivity index (χ0) is 15.5. The zero-order valence-electron chi connectivity index (χ0n) is 12.8. The van der Waals surface area contributed by atoms with Crippen molar-refractivity contribution in [3.63, 3.8) is 0 Å². The van der Waals surface area contributed by atoms with E-state index in [9.17, 15) is 0 Å². The second-order valence-corrected chi connectivity index (χ2v) is 5.77. The fraction of sp³-hybridized carbons (Fsp3) is 0.278. The molecule has 5 heteroatoms. The minimum atomic E-state index is 0.334. The van der Waals surface area contributed by atoms with Gasteiger partial charge in [-0.05, 0) is 43.9 Å². The Labute approximate surface area is 135 Å². The Hall–Kier alpha value is -2.69. The van der Waals surface area contributed by atoms with E-state index in [2.05, 4.69) is 15.1 Å². The van der Waals surface area contributed by atoms with Crippen LogP contribution in [0.25, 0.3) is 16.9 Å². The third kappa shape index (κ3) is 3.08. The summed E-state index contributed by atoms with van der Waals surface area (Å²) in [6.45, 7) is 0. The van der Waals surface area contributed by atoms with E-state index in [1.54, 1.807) is 10.9 Å². The molecule has 1 aliphatic carbocycles. The Morgan fingerprint density at radius 1 is 0.957 bits per heavy atom. The predicted octanol–water partition coefficient (Wildman–Crippen LogP) is 3.65. The molecule has 0 saturated heterocycles. The molecule has 5 nitrogen and oxygen atoms in total. The second kappa shape index (κ2) is 6.20. The van der Waals surface area contributed by atoms with Crippen molar-refractivity contribution in [3.05, 3.63) is 55.1 Å². The normalized spacial score (nSPS) is 15.0. The quantitative estimate of drug-likeness (QED) is 0.738. The molecule has 0 unspecified atom stereocenters. The largest absolute Gasteiger partial charge is 0.474 e. The van der Waals surface area contributed by atoms with Crippen molar-refractivity contribution in [3.8, 4) is 22.8 Å². The van der Waals surface area contributed by atoms with Crippen molar-refractivity contribution in [2.45, 2.75) is 31.8 Å². The highest BCUT2D eigenvalue weighted by atomic mass is 16.5. The van der Waals surface area contributed by atoms with E-state index < -0.39 is 0 Å². The third-order valence-electron chi connectivity index (χ3n) is 4.13. The molecule has 0 atom stereocenters. The van der Waals surface area contributed by atoms with Gasteiger partial charge in [-0.1, -0.05) is 6.07 Å². The Balaban J connectivity index is 1.51. The van der Waals surface area contributed by atoms with Crippen LogP contribution in [-0.2, 0) is 0 Å². The van der Waals surface area contributed by atoms with Gasteiger partial charge in [0.1, 0.15) is 6.10 Å². The van der Waals surface area contributed by atoms with Crippen LogP contribution in [0.3, 0.4) is 0 Å². The van der Waals surface area contributed by atoms with E-state index in [-0.39, 0.29) is 0 Å². The van der Waals surface area contributed by atoms with Crippen LogP contribution in [0.1, 0.15) is 25.7 Å². The van der Waals surface area contributed by atoms with Gasteiger partial charge >= 0.3 is 0 Å². The molecule has 23 heavy (non-hydrogen) atoms. The summed E-state index contributed by atoms with van der Waals surface area (Å²) in [5, 5.41) is 4.36. The summed E-state index contributed by atoms with van der Waals surface area (Å²) in [4.78, 5) is 8.72. The maximum absolute atomic E-state index is 5.90. The van der Waals surface area contributed by atoms with Crippen molar-refractivity contribution in [2.75, 3.05) is 0 Å². The Kier molecular flexibility index (Phi) is 3.76. The second-order valence-electron chi connectivity index (χ2n) is 5.77. The Bertz CT molecular complexity index is 761. The van der Waals surface area contributed by atoms with Gasteiger partial charge in [0.2, 0.25) is 5.88 Å². The molecule has 3 aromatic heterocycles.